The highest BCUT2D eigenvalue weighted by Crippen LogP contribution is 2.37. The Morgan fingerprint density at radius 2 is 2.00 bits per heavy atom. The van der Waals surface area contributed by atoms with Crippen molar-refractivity contribution >= 4 is 7.28 Å². The summed E-state index contributed by atoms with van der Waals surface area (Å²) >= 11 is 0. The third-order valence-corrected chi connectivity index (χ3v) is 1.36. The molecule has 0 bridgehead atoms. The summed E-state index contributed by atoms with van der Waals surface area (Å²) in [6.45, 7) is 6.24. The summed E-state index contributed by atoms with van der Waals surface area (Å²) in [7, 11) is -1.67. The maximum absolute atomic E-state index is 7.22. The molecule has 0 aliphatic rings. The lowest BCUT2D eigenvalue weighted by atomic mass is 10.9. The van der Waals surface area contributed by atoms with Crippen LogP contribution in [-0.4, -0.2) is 19.9 Å². The molecule has 0 heterocycles. The standard InChI is InChI=1S/C4H12NOP/c1-4-6-7(2,3)5/h5H,4H2,1-3H3. The monoisotopic (exact) mass is 121 g/mol. The van der Waals surface area contributed by atoms with Crippen molar-refractivity contribution in [3.63, 3.8) is 0 Å². The smallest absolute Gasteiger partial charge is 0.0759 e. The first-order valence-electron chi connectivity index (χ1n) is 2.30. The summed E-state index contributed by atoms with van der Waals surface area (Å²) in [6.07, 6.45) is 0. The van der Waals surface area contributed by atoms with E-state index in [1.807, 2.05) is 20.3 Å². The van der Waals surface area contributed by atoms with Gasteiger partial charge in [-0.1, -0.05) is 0 Å². The molecule has 3 heteroatoms. The van der Waals surface area contributed by atoms with Crippen LogP contribution in [0.4, 0.5) is 0 Å². The highest BCUT2D eigenvalue weighted by atomic mass is 31.2. The van der Waals surface area contributed by atoms with Crippen LogP contribution < -0.4 is 0 Å². The summed E-state index contributed by atoms with van der Waals surface area (Å²) in [4.78, 5) is 0. The van der Waals surface area contributed by atoms with Crippen LogP contribution >= 0.6 is 7.28 Å². The van der Waals surface area contributed by atoms with E-state index >= 15 is 0 Å². The zero-order valence-electron chi connectivity index (χ0n) is 5.06. The molecule has 0 aliphatic carbocycles. The van der Waals surface area contributed by atoms with Gasteiger partial charge in [0.05, 0.1) is 7.28 Å². The van der Waals surface area contributed by atoms with Crippen LogP contribution in [0.25, 0.3) is 0 Å². The highest BCUT2D eigenvalue weighted by Gasteiger charge is 1.95. The Morgan fingerprint density at radius 1 is 1.57 bits per heavy atom. The number of rotatable bonds is 2. The summed E-state index contributed by atoms with van der Waals surface area (Å²) in [5.41, 5.74) is 0. The van der Waals surface area contributed by atoms with E-state index in [4.69, 9.17) is 9.69 Å². The van der Waals surface area contributed by atoms with Crippen molar-refractivity contribution in [2.24, 2.45) is 0 Å². The van der Waals surface area contributed by atoms with Crippen molar-refractivity contribution in [1.82, 2.24) is 0 Å². The lowest BCUT2D eigenvalue weighted by Crippen LogP contribution is -1.82. The summed E-state index contributed by atoms with van der Waals surface area (Å²) in [5.74, 6) is 0. The molecule has 0 amide bonds. The summed E-state index contributed by atoms with van der Waals surface area (Å²) < 4.78 is 5.01. The van der Waals surface area contributed by atoms with Crippen LogP contribution in [-0.2, 0) is 4.52 Å². The van der Waals surface area contributed by atoms with E-state index in [1.165, 1.54) is 0 Å². The van der Waals surface area contributed by atoms with Crippen molar-refractivity contribution in [3.8, 4) is 0 Å². The molecule has 0 aromatic heterocycles. The van der Waals surface area contributed by atoms with E-state index in [2.05, 4.69) is 0 Å². The van der Waals surface area contributed by atoms with Gasteiger partial charge in [-0.2, -0.15) is 0 Å². The first-order valence-corrected chi connectivity index (χ1v) is 4.90. The van der Waals surface area contributed by atoms with E-state index < -0.39 is 7.28 Å². The second-order valence-corrected chi connectivity index (χ2v) is 4.73. The minimum atomic E-state index is -1.67. The largest absolute Gasteiger partial charge is 0.346 e. The quantitative estimate of drug-likeness (QED) is 0.556. The van der Waals surface area contributed by atoms with Gasteiger partial charge in [-0.15, -0.1) is 0 Å². The van der Waals surface area contributed by atoms with Gasteiger partial charge in [-0.05, 0) is 20.3 Å². The van der Waals surface area contributed by atoms with Crippen molar-refractivity contribution in [2.75, 3.05) is 19.9 Å². The average molecular weight is 121 g/mol. The summed E-state index contributed by atoms with van der Waals surface area (Å²) in [6, 6.07) is 0. The molecule has 0 saturated carbocycles. The van der Waals surface area contributed by atoms with Gasteiger partial charge in [0.25, 0.3) is 0 Å². The van der Waals surface area contributed by atoms with Crippen LogP contribution in [0.15, 0.2) is 0 Å². The van der Waals surface area contributed by atoms with E-state index in [0.29, 0.717) is 6.61 Å². The number of hydrogen-bond donors (Lipinski definition) is 1. The first-order chi connectivity index (χ1) is 3.06. The molecule has 0 spiro atoms. The lowest BCUT2D eigenvalue weighted by molar-refractivity contribution is 0.375. The zero-order chi connectivity index (χ0) is 5.91. The van der Waals surface area contributed by atoms with E-state index in [9.17, 15) is 0 Å². The third-order valence-electron chi connectivity index (χ3n) is 0.452. The number of nitrogens with one attached hydrogen (secondary N) is 1. The Morgan fingerprint density at radius 3 is 2.00 bits per heavy atom. The van der Waals surface area contributed by atoms with Gasteiger partial charge < -0.3 is 4.52 Å². The van der Waals surface area contributed by atoms with Gasteiger partial charge in [-0.3, -0.25) is 5.16 Å². The Balaban J connectivity index is 3.36. The Kier molecular flexibility index (Phi) is 2.55. The molecular weight excluding hydrogens is 109 g/mol. The molecule has 1 N–H and O–H groups in total. The van der Waals surface area contributed by atoms with Crippen molar-refractivity contribution < 1.29 is 4.52 Å². The van der Waals surface area contributed by atoms with Crippen molar-refractivity contribution in [2.45, 2.75) is 6.92 Å². The molecule has 0 aliphatic heterocycles. The SMILES string of the molecule is CCOP(C)(C)=N. The second kappa shape index (κ2) is 2.49. The molecule has 0 unspecified atom stereocenters. The third kappa shape index (κ3) is 6.19. The van der Waals surface area contributed by atoms with Gasteiger partial charge >= 0.3 is 0 Å². The minimum absolute atomic E-state index is 0.671. The Labute approximate surface area is 44.8 Å². The maximum Gasteiger partial charge on any atom is 0.0759 e. The van der Waals surface area contributed by atoms with Gasteiger partial charge in [0.2, 0.25) is 0 Å². The fraction of sp³-hybridized carbons (Fsp3) is 1.00. The van der Waals surface area contributed by atoms with Crippen molar-refractivity contribution in [1.29, 1.82) is 5.16 Å². The Hall–Kier alpha value is 0.190. The molecule has 0 saturated heterocycles. The van der Waals surface area contributed by atoms with Crippen LogP contribution in [0, 0.1) is 5.16 Å². The van der Waals surface area contributed by atoms with E-state index in [-0.39, 0.29) is 0 Å². The molecule has 2 nitrogen and oxygen atoms in total. The molecular formula is C4H12NOP. The van der Waals surface area contributed by atoms with E-state index in [1.54, 1.807) is 0 Å². The molecule has 0 fully saturated rings. The minimum Gasteiger partial charge on any atom is -0.346 e. The molecule has 0 aromatic carbocycles. The predicted molar refractivity (Wildman–Crippen MR) is 33.1 cm³/mol. The Bertz CT molecular complexity index is 85.7. The number of hydrogen-bond acceptors (Lipinski definition) is 2. The fourth-order valence-corrected chi connectivity index (χ4v) is 0.968. The second-order valence-electron chi connectivity index (χ2n) is 1.77. The molecule has 7 heavy (non-hydrogen) atoms. The van der Waals surface area contributed by atoms with Gasteiger partial charge in [0.15, 0.2) is 0 Å². The van der Waals surface area contributed by atoms with Gasteiger partial charge in [0, 0.05) is 6.61 Å². The van der Waals surface area contributed by atoms with Crippen molar-refractivity contribution in [3.05, 3.63) is 0 Å². The average Bonchev–Trinajstić information content (AvgIpc) is 1.30. The predicted octanol–water partition coefficient (Wildman–Crippen LogP) is 1.98. The first kappa shape index (κ1) is 7.19. The molecule has 44 valence electrons. The molecule has 0 rings (SSSR count). The lowest BCUT2D eigenvalue weighted by Gasteiger charge is -2.07. The van der Waals surface area contributed by atoms with Crippen LogP contribution in [0.3, 0.4) is 0 Å². The van der Waals surface area contributed by atoms with Crippen LogP contribution in [0.5, 0.6) is 0 Å². The van der Waals surface area contributed by atoms with Gasteiger partial charge in [-0.25, -0.2) is 0 Å². The summed E-state index contributed by atoms with van der Waals surface area (Å²) in [5, 5.41) is 7.22. The van der Waals surface area contributed by atoms with Crippen LogP contribution in [0.1, 0.15) is 6.92 Å². The zero-order valence-corrected chi connectivity index (χ0v) is 5.96. The molecule has 0 radical (unpaired) electrons. The normalized spacial score (nSPS) is 11.9. The topological polar surface area (TPSA) is 33.1 Å². The fourth-order valence-electron chi connectivity index (χ4n) is 0.323. The maximum atomic E-state index is 7.22. The molecule has 0 aromatic rings. The highest BCUT2D eigenvalue weighted by molar-refractivity contribution is 7.58. The van der Waals surface area contributed by atoms with Gasteiger partial charge in [0.1, 0.15) is 0 Å². The molecule has 0 atom stereocenters. The van der Waals surface area contributed by atoms with Crippen LogP contribution in [0.2, 0.25) is 0 Å². The van der Waals surface area contributed by atoms with E-state index in [0.717, 1.165) is 0 Å².